The Hall–Kier alpha value is -4.87. The molecular weight excluding hydrogens is 462 g/mol. The molecule has 1 saturated carbocycles. The third-order valence-electron chi connectivity index (χ3n) is 5.53. The van der Waals surface area contributed by atoms with Gasteiger partial charge < -0.3 is 20.7 Å². The maximum Gasteiger partial charge on any atom is 0.254 e. The summed E-state index contributed by atoms with van der Waals surface area (Å²) < 4.78 is 27.9. The predicted octanol–water partition coefficient (Wildman–Crippen LogP) is 2.78. The molecule has 0 saturated heterocycles. The number of H-pyrrole nitrogens is 1. The number of para-hydroxylation sites is 1. The highest BCUT2D eigenvalue weighted by atomic mass is 16.5. The Morgan fingerprint density at radius 2 is 1.94 bits per heavy atom. The van der Waals surface area contributed by atoms with Crippen molar-refractivity contribution in [2.75, 3.05) is 24.7 Å². The second-order valence-electron chi connectivity index (χ2n) is 7.97. The topological polar surface area (TPSA) is 160 Å². The summed E-state index contributed by atoms with van der Waals surface area (Å²) in [4.78, 5) is 42.2. The minimum absolute atomic E-state index is 0.0457. The van der Waals surface area contributed by atoms with Crippen LogP contribution in [0.2, 0.25) is 0 Å². The van der Waals surface area contributed by atoms with Crippen molar-refractivity contribution in [3.63, 3.8) is 0 Å². The summed E-state index contributed by atoms with van der Waals surface area (Å²) in [6.07, 6.45) is 7.39. The highest BCUT2D eigenvalue weighted by Crippen LogP contribution is 2.37. The quantitative estimate of drug-likeness (QED) is 0.292. The lowest BCUT2D eigenvalue weighted by Crippen LogP contribution is -2.20. The summed E-state index contributed by atoms with van der Waals surface area (Å²) in [7, 11) is 1.48. The van der Waals surface area contributed by atoms with Gasteiger partial charge in [-0.1, -0.05) is 6.07 Å². The van der Waals surface area contributed by atoms with Crippen LogP contribution in [-0.4, -0.2) is 56.0 Å². The van der Waals surface area contributed by atoms with Crippen molar-refractivity contribution in [2.24, 2.45) is 5.92 Å². The van der Waals surface area contributed by atoms with Gasteiger partial charge in [0.25, 0.3) is 5.91 Å². The van der Waals surface area contributed by atoms with Crippen LogP contribution in [0.15, 0.2) is 49.2 Å². The smallest absolute Gasteiger partial charge is 0.254 e. The average molecular weight is 489 g/mol. The summed E-state index contributed by atoms with van der Waals surface area (Å²) >= 11 is 0. The van der Waals surface area contributed by atoms with E-state index in [0.717, 1.165) is 12.8 Å². The number of amides is 2. The molecular formula is C24H23N9O3. The van der Waals surface area contributed by atoms with Crippen LogP contribution in [0.3, 0.4) is 0 Å². The van der Waals surface area contributed by atoms with E-state index < -0.39 is 12.9 Å². The number of hydrogen-bond acceptors (Lipinski definition) is 9. The lowest BCUT2D eigenvalue weighted by molar-refractivity contribution is -0.117. The number of benzene rings is 1. The molecule has 0 aliphatic heterocycles. The van der Waals surface area contributed by atoms with E-state index >= 15 is 0 Å². The number of nitrogens with zero attached hydrogens (tertiary/aromatic N) is 5. The van der Waals surface area contributed by atoms with Gasteiger partial charge in [0.15, 0.2) is 17.4 Å². The number of methoxy groups -OCH3 is 1. The fourth-order valence-electron chi connectivity index (χ4n) is 3.56. The Bertz CT molecular complexity index is 1510. The molecule has 0 bridgehead atoms. The van der Waals surface area contributed by atoms with Gasteiger partial charge in [0.05, 0.1) is 35.2 Å². The van der Waals surface area contributed by atoms with Crippen LogP contribution >= 0.6 is 0 Å². The zero-order valence-electron chi connectivity index (χ0n) is 22.1. The Morgan fingerprint density at radius 1 is 1.11 bits per heavy atom. The van der Waals surface area contributed by atoms with Crippen molar-refractivity contribution in [3.8, 4) is 28.5 Å². The van der Waals surface area contributed by atoms with Crippen molar-refractivity contribution < 1.29 is 18.4 Å². The van der Waals surface area contributed by atoms with Crippen molar-refractivity contribution in [1.29, 1.82) is 0 Å². The van der Waals surface area contributed by atoms with E-state index in [1.807, 2.05) is 5.32 Å². The molecule has 1 aromatic carbocycles. The van der Waals surface area contributed by atoms with Crippen LogP contribution in [0.1, 0.15) is 27.3 Å². The number of nitrogens with one attached hydrogen (secondary N) is 4. The zero-order chi connectivity index (χ0) is 27.6. The number of anilines is 3. The van der Waals surface area contributed by atoms with E-state index in [1.54, 1.807) is 30.6 Å². The number of aromatic amines is 1. The number of hydrogen-bond donors (Lipinski definition) is 4. The molecule has 4 aromatic rings. The van der Waals surface area contributed by atoms with E-state index in [4.69, 9.17) is 8.85 Å². The number of carbonyl (C=O) groups is 2. The zero-order valence-corrected chi connectivity index (χ0v) is 19.1. The van der Waals surface area contributed by atoms with Crippen LogP contribution in [-0.2, 0) is 4.79 Å². The van der Waals surface area contributed by atoms with Crippen molar-refractivity contribution in [2.45, 2.75) is 12.8 Å². The number of rotatable bonds is 8. The summed E-state index contributed by atoms with van der Waals surface area (Å²) in [6.45, 7) is -2.71. The molecule has 0 radical (unpaired) electrons. The molecule has 1 aliphatic carbocycles. The van der Waals surface area contributed by atoms with Crippen LogP contribution in [0.25, 0.3) is 22.8 Å². The molecule has 3 heterocycles. The molecule has 0 spiro atoms. The summed E-state index contributed by atoms with van der Waals surface area (Å²) in [5, 5.41) is 14.4. The van der Waals surface area contributed by atoms with Gasteiger partial charge in [-0.25, -0.2) is 19.9 Å². The molecule has 0 atom stereocenters. The van der Waals surface area contributed by atoms with Crippen LogP contribution in [0.5, 0.6) is 5.75 Å². The van der Waals surface area contributed by atoms with Gasteiger partial charge in [0.2, 0.25) is 5.91 Å². The second kappa shape index (κ2) is 9.78. The predicted molar refractivity (Wildman–Crippen MR) is 132 cm³/mol. The first-order valence-electron chi connectivity index (χ1n) is 12.5. The summed E-state index contributed by atoms with van der Waals surface area (Å²) in [5.41, 5.74) is 1.79. The SMILES string of the molecule is [2H]C([2H])([2H])NC(=O)c1cnc(NC(=O)C2CC2)cc1Nc1cccc(-c2ncc(-c3ncn[nH]3)cn2)c1OC. The largest absolute Gasteiger partial charge is 0.494 e. The molecule has 3 aromatic heterocycles. The van der Waals surface area contributed by atoms with Crippen LogP contribution in [0.4, 0.5) is 17.2 Å². The maximum absolute atomic E-state index is 12.8. The van der Waals surface area contributed by atoms with Crippen LogP contribution in [0, 0.1) is 5.92 Å². The van der Waals surface area contributed by atoms with E-state index in [0.29, 0.717) is 34.2 Å². The first-order valence-corrected chi connectivity index (χ1v) is 11.0. The number of pyridine rings is 1. The fraction of sp³-hybridized carbons (Fsp3) is 0.208. The van der Waals surface area contributed by atoms with E-state index in [1.165, 1.54) is 25.7 Å². The molecule has 36 heavy (non-hydrogen) atoms. The lowest BCUT2D eigenvalue weighted by Gasteiger charge is -2.17. The third kappa shape index (κ3) is 4.69. The van der Waals surface area contributed by atoms with Gasteiger partial charge in [-0.15, -0.1) is 0 Å². The van der Waals surface area contributed by atoms with Gasteiger partial charge in [-0.05, 0) is 25.0 Å². The molecule has 1 aliphatic rings. The Balaban J connectivity index is 1.49. The lowest BCUT2D eigenvalue weighted by atomic mass is 10.1. The number of carbonyl (C=O) groups excluding carboxylic acids is 2. The van der Waals surface area contributed by atoms with E-state index in [2.05, 4.69) is 40.8 Å². The maximum atomic E-state index is 12.8. The number of aromatic nitrogens is 6. The minimum Gasteiger partial charge on any atom is -0.494 e. The van der Waals surface area contributed by atoms with Gasteiger partial charge >= 0.3 is 0 Å². The Labute approximate surface area is 210 Å². The molecule has 182 valence electrons. The molecule has 12 heteroatoms. The molecule has 2 amide bonds. The van der Waals surface area contributed by atoms with Gasteiger partial charge in [-0.3, -0.25) is 14.7 Å². The van der Waals surface area contributed by atoms with Crippen molar-refractivity contribution in [1.82, 2.24) is 35.5 Å². The summed E-state index contributed by atoms with van der Waals surface area (Å²) in [5.74, 6) is 0.369. The molecule has 0 unspecified atom stereocenters. The third-order valence-corrected chi connectivity index (χ3v) is 5.53. The van der Waals surface area contributed by atoms with Gasteiger partial charge in [-0.2, -0.15) is 5.10 Å². The van der Waals surface area contributed by atoms with Gasteiger partial charge in [0.1, 0.15) is 12.1 Å². The first-order chi connectivity index (χ1) is 18.7. The van der Waals surface area contributed by atoms with E-state index in [9.17, 15) is 9.59 Å². The monoisotopic (exact) mass is 488 g/mol. The van der Waals surface area contributed by atoms with Crippen molar-refractivity contribution in [3.05, 3.63) is 54.7 Å². The Kier molecular flexibility index (Phi) is 5.28. The highest BCUT2D eigenvalue weighted by Gasteiger charge is 2.30. The molecule has 4 N–H and O–H groups in total. The molecule has 1 fully saturated rings. The highest BCUT2D eigenvalue weighted by molar-refractivity contribution is 6.01. The fourth-order valence-corrected chi connectivity index (χ4v) is 3.56. The Morgan fingerprint density at radius 3 is 2.64 bits per heavy atom. The van der Waals surface area contributed by atoms with Crippen molar-refractivity contribution >= 4 is 29.0 Å². The standard InChI is InChI=1S/C24H23N9O3/c1-25-24(35)16-11-26-19(32-23(34)13-6-7-13)8-18(16)31-17-5-3-4-15(20(17)36-2)22-27-9-14(10-28-22)21-29-12-30-33-21/h3-5,8-13H,6-7H2,1-2H3,(H,25,35)(H,29,30,33)(H2,26,31,32,34)/i1D3. The normalized spacial score (nSPS) is 14.2. The van der Waals surface area contributed by atoms with E-state index in [-0.39, 0.29) is 28.9 Å². The first kappa shape index (κ1) is 19.4. The minimum atomic E-state index is -2.71. The second-order valence-corrected chi connectivity index (χ2v) is 7.97. The summed E-state index contributed by atoms with van der Waals surface area (Å²) in [6, 6.07) is 6.68. The molecule has 5 rings (SSSR count). The average Bonchev–Trinajstić information content (AvgIpc) is 3.62. The molecule has 12 nitrogen and oxygen atoms in total. The van der Waals surface area contributed by atoms with Gasteiger partial charge in [0, 0.05) is 41.7 Å². The number of ether oxygens (including phenoxy) is 1. The van der Waals surface area contributed by atoms with Crippen LogP contribution < -0.4 is 20.7 Å².